The number of unbranched alkanes of at least 4 members (excludes halogenated alkanes) is 42. The van der Waals surface area contributed by atoms with Crippen molar-refractivity contribution >= 4 is 13.7 Å². The van der Waals surface area contributed by atoms with E-state index in [0.717, 1.165) is 38.5 Å². The minimum absolute atomic E-state index is 0.00550. The molecule has 2 N–H and O–H groups in total. The number of allylic oxidation sites excluding steroid dienone is 5. The Labute approximate surface area is 455 Å². The molecule has 0 aromatic carbocycles. The van der Waals surface area contributed by atoms with Crippen molar-refractivity contribution in [3.8, 4) is 0 Å². The Hall–Kier alpha value is -1.28. The predicted molar refractivity (Wildman–Crippen MR) is 316 cm³/mol. The van der Waals surface area contributed by atoms with E-state index in [9.17, 15) is 19.4 Å². The van der Waals surface area contributed by atoms with Gasteiger partial charge >= 0.3 is 0 Å². The zero-order valence-corrected chi connectivity index (χ0v) is 50.3. The number of carbonyl (C=O) groups excluding carboxylic acids is 1. The molecule has 0 saturated carbocycles. The van der Waals surface area contributed by atoms with Gasteiger partial charge in [-0.15, -0.1) is 0 Å². The lowest BCUT2D eigenvalue weighted by Crippen LogP contribution is -2.45. The van der Waals surface area contributed by atoms with Gasteiger partial charge in [-0.25, -0.2) is 0 Å². The number of phosphoric acid groups is 1. The van der Waals surface area contributed by atoms with Crippen LogP contribution in [0.15, 0.2) is 36.5 Å². The minimum atomic E-state index is -4.61. The standard InChI is InChI=1S/C64H125N2O6P/c1-6-8-10-12-14-16-18-20-22-24-26-28-30-31-32-33-34-36-37-39-41-43-45-47-49-51-53-55-57-63(67)62(61-72-73(69,70)71-60-59-66(3,4)5)65-64(68)58-56-54-52-50-48-46-44-42-40-38-35-29-27-25-23-21-19-17-15-13-11-9-7-2/h25,27,47,49,55,57,62-63,67H,6-24,26,28-46,48,50-54,56,58-61H2,1-5H3,(H-,65,68,69,70)/b27-25-,49-47+,57-55+. The summed E-state index contributed by atoms with van der Waals surface area (Å²) < 4.78 is 23.4. The fourth-order valence-electron chi connectivity index (χ4n) is 9.58. The lowest BCUT2D eigenvalue weighted by atomic mass is 10.0. The molecule has 0 rings (SSSR count). The van der Waals surface area contributed by atoms with Gasteiger partial charge in [0.25, 0.3) is 7.82 Å². The summed E-state index contributed by atoms with van der Waals surface area (Å²) >= 11 is 0. The zero-order valence-electron chi connectivity index (χ0n) is 49.4. The second kappa shape index (κ2) is 55.5. The van der Waals surface area contributed by atoms with Crippen molar-refractivity contribution in [3.05, 3.63) is 36.5 Å². The van der Waals surface area contributed by atoms with Gasteiger partial charge in [0.05, 0.1) is 39.9 Å². The van der Waals surface area contributed by atoms with E-state index >= 15 is 0 Å². The maximum atomic E-state index is 13.0. The molecular weight excluding hydrogens is 924 g/mol. The third kappa shape index (κ3) is 58.2. The topological polar surface area (TPSA) is 108 Å². The average molecular weight is 1050 g/mol. The van der Waals surface area contributed by atoms with Crippen LogP contribution in [0.3, 0.4) is 0 Å². The van der Waals surface area contributed by atoms with Crippen LogP contribution in [0.2, 0.25) is 0 Å². The summed E-state index contributed by atoms with van der Waals surface area (Å²) in [4.78, 5) is 25.5. The van der Waals surface area contributed by atoms with Gasteiger partial charge in [-0.3, -0.25) is 9.36 Å². The van der Waals surface area contributed by atoms with Gasteiger partial charge in [0.1, 0.15) is 13.2 Å². The quantitative estimate of drug-likeness (QED) is 0.0272. The zero-order chi connectivity index (χ0) is 53.5. The molecule has 1 amide bonds. The van der Waals surface area contributed by atoms with Crippen molar-refractivity contribution in [2.75, 3.05) is 40.9 Å². The van der Waals surface area contributed by atoms with Crippen LogP contribution in [0.4, 0.5) is 0 Å². The van der Waals surface area contributed by atoms with Crippen LogP contribution in [-0.4, -0.2) is 68.5 Å². The Kier molecular flexibility index (Phi) is 54.5. The van der Waals surface area contributed by atoms with Crippen LogP contribution in [0.5, 0.6) is 0 Å². The van der Waals surface area contributed by atoms with E-state index in [1.54, 1.807) is 6.08 Å². The number of nitrogens with one attached hydrogen (secondary N) is 1. The highest BCUT2D eigenvalue weighted by Crippen LogP contribution is 2.38. The third-order valence-corrected chi connectivity index (χ3v) is 15.5. The van der Waals surface area contributed by atoms with E-state index in [2.05, 4.69) is 43.5 Å². The average Bonchev–Trinajstić information content (AvgIpc) is 3.35. The summed E-state index contributed by atoms with van der Waals surface area (Å²) in [6.07, 6.45) is 72.5. The summed E-state index contributed by atoms with van der Waals surface area (Å²) in [5.41, 5.74) is 0. The van der Waals surface area contributed by atoms with Gasteiger partial charge < -0.3 is 28.8 Å². The van der Waals surface area contributed by atoms with Gasteiger partial charge in [0, 0.05) is 6.42 Å². The molecule has 0 aliphatic heterocycles. The predicted octanol–water partition coefficient (Wildman–Crippen LogP) is 19.1. The van der Waals surface area contributed by atoms with Gasteiger partial charge in [-0.05, 0) is 57.8 Å². The van der Waals surface area contributed by atoms with Gasteiger partial charge in [0.2, 0.25) is 5.91 Å². The number of aliphatic hydroxyl groups excluding tert-OH is 1. The number of aliphatic hydroxyl groups is 1. The molecule has 432 valence electrons. The van der Waals surface area contributed by atoms with Crippen LogP contribution >= 0.6 is 7.82 Å². The lowest BCUT2D eigenvalue weighted by Gasteiger charge is -2.29. The van der Waals surface area contributed by atoms with E-state index in [-0.39, 0.29) is 12.5 Å². The molecule has 0 radical (unpaired) electrons. The first kappa shape index (κ1) is 71.7. The number of amides is 1. The monoisotopic (exact) mass is 1050 g/mol. The minimum Gasteiger partial charge on any atom is -0.756 e. The normalized spacial score (nSPS) is 14.0. The Morgan fingerprint density at radius 3 is 1.11 bits per heavy atom. The van der Waals surface area contributed by atoms with Crippen molar-refractivity contribution in [2.24, 2.45) is 0 Å². The van der Waals surface area contributed by atoms with E-state index in [0.29, 0.717) is 17.4 Å². The fourth-order valence-corrected chi connectivity index (χ4v) is 10.3. The number of quaternary nitrogens is 1. The highest BCUT2D eigenvalue weighted by atomic mass is 31.2. The maximum Gasteiger partial charge on any atom is 0.268 e. The highest BCUT2D eigenvalue weighted by Gasteiger charge is 2.23. The molecule has 3 atom stereocenters. The molecule has 0 fully saturated rings. The van der Waals surface area contributed by atoms with Crippen LogP contribution < -0.4 is 10.2 Å². The number of nitrogens with zero attached hydrogens (tertiary/aromatic N) is 1. The Morgan fingerprint density at radius 1 is 0.466 bits per heavy atom. The van der Waals surface area contributed by atoms with Crippen molar-refractivity contribution in [1.82, 2.24) is 5.32 Å². The maximum absolute atomic E-state index is 13.0. The molecule has 0 saturated heterocycles. The number of likely N-dealkylation sites (N-methyl/N-ethyl adjacent to an activating group) is 1. The van der Waals surface area contributed by atoms with Crippen LogP contribution in [0.25, 0.3) is 0 Å². The lowest BCUT2D eigenvalue weighted by molar-refractivity contribution is -0.870. The first-order valence-corrected chi connectivity index (χ1v) is 33.3. The Balaban J connectivity index is 4.17. The van der Waals surface area contributed by atoms with Crippen molar-refractivity contribution in [2.45, 2.75) is 328 Å². The number of hydrogen-bond acceptors (Lipinski definition) is 6. The molecule has 0 aromatic rings. The van der Waals surface area contributed by atoms with E-state index < -0.39 is 26.6 Å². The number of carbonyl (C=O) groups is 1. The molecule has 0 aromatic heterocycles. The molecule has 0 spiro atoms. The molecule has 9 heteroatoms. The number of hydrogen-bond donors (Lipinski definition) is 2. The number of rotatable bonds is 59. The summed E-state index contributed by atoms with van der Waals surface area (Å²) in [5.74, 6) is -0.204. The Morgan fingerprint density at radius 2 is 0.767 bits per heavy atom. The van der Waals surface area contributed by atoms with Gasteiger partial charge in [-0.1, -0.05) is 288 Å². The van der Waals surface area contributed by atoms with Gasteiger partial charge in [-0.2, -0.15) is 0 Å². The molecule has 0 aliphatic carbocycles. The fraction of sp³-hybridized carbons (Fsp3) is 0.891. The third-order valence-electron chi connectivity index (χ3n) is 14.6. The van der Waals surface area contributed by atoms with Crippen LogP contribution in [-0.2, 0) is 18.4 Å². The highest BCUT2D eigenvalue weighted by molar-refractivity contribution is 7.45. The molecule has 0 aliphatic rings. The van der Waals surface area contributed by atoms with Crippen molar-refractivity contribution in [1.29, 1.82) is 0 Å². The molecule has 3 unspecified atom stereocenters. The first-order valence-electron chi connectivity index (χ1n) is 31.9. The summed E-state index contributed by atoms with van der Waals surface area (Å²) in [5, 5.41) is 13.9. The number of phosphoric ester groups is 1. The molecular formula is C64H125N2O6P. The van der Waals surface area contributed by atoms with E-state index in [1.807, 2.05) is 27.2 Å². The van der Waals surface area contributed by atoms with E-state index in [4.69, 9.17) is 9.05 Å². The summed E-state index contributed by atoms with van der Waals surface area (Å²) in [6.45, 7) is 4.67. The first-order chi connectivity index (χ1) is 35.5. The second-order valence-electron chi connectivity index (χ2n) is 23.1. The molecule has 0 bridgehead atoms. The molecule has 8 nitrogen and oxygen atoms in total. The van der Waals surface area contributed by atoms with Crippen molar-refractivity contribution < 1.29 is 32.9 Å². The summed E-state index contributed by atoms with van der Waals surface area (Å²) in [6, 6.07) is -0.904. The molecule has 0 heterocycles. The SMILES string of the molecule is CCCCCCCCCC/C=C\CCCCCCCCCCCCCC(=O)NC(COP(=O)([O-])OCC[N+](C)(C)C)C(O)/C=C/CC/C=C/CCCCCCCCCCCCCCCCCCCCCCCC. The Bertz CT molecular complexity index is 1280. The van der Waals surface area contributed by atoms with Gasteiger partial charge in [0.15, 0.2) is 0 Å². The summed E-state index contributed by atoms with van der Waals surface area (Å²) in [7, 11) is 1.25. The van der Waals surface area contributed by atoms with Crippen molar-refractivity contribution in [3.63, 3.8) is 0 Å². The second-order valence-corrected chi connectivity index (χ2v) is 24.5. The van der Waals surface area contributed by atoms with Crippen LogP contribution in [0.1, 0.15) is 316 Å². The van der Waals surface area contributed by atoms with E-state index in [1.165, 1.54) is 257 Å². The smallest absolute Gasteiger partial charge is 0.268 e. The van der Waals surface area contributed by atoms with Crippen LogP contribution in [0, 0.1) is 0 Å². The largest absolute Gasteiger partial charge is 0.756 e. The molecule has 73 heavy (non-hydrogen) atoms.